The third kappa shape index (κ3) is 4.39. The molecule has 0 spiro atoms. The van der Waals surface area contributed by atoms with E-state index in [-0.39, 0.29) is 6.42 Å². The highest BCUT2D eigenvalue weighted by molar-refractivity contribution is 4.84. The lowest BCUT2D eigenvalue weighted by Crippen LogP contribution is -2.50. The number of rotatable bonds is 7. The summed E-state index contributed by atoms with van der Waals surface area (Å²) >= 11 is 0. The van der Waals surface area contributed by atoms with Crippen molar-refractivity contribution in [2.45, 2.75) is 36.9 Å². The quantitative estimate of drug-likeness (QED) is 0.267. The maximum Gasteiger partial charge on any atom is 0.111 e. The summed E-state index contributed by atoms with van der Waals surface area (Å²) in [5.41, 5.74) is 0. The zero-order chi connectivity index (χ0) is 12.0. The van der Waals surface area contributed by atoms with Crippen LogP contribution in [0.1, 0.15) is 6.42 Å². The molecule has 0 aliphatic carbocycles. The molecule has 1 unspecified atom stereocenters. The van der Waals surface area contributed by atoms with Gasteiger partial charge in [-0.25, -0.2) is 5.11 Å². The Morgan fingerprint density at radius 3 is 1.67 bits per heavy atom. The van der Waals surface area contributed by atoms with Gasteiger partial charge in [0.05, 0.1) is 19.3 Å². The standard InChI is InChI=1S/C8H17O7/c9-2-1-4(11)6(13)8(15)7(14)5(12)3-10/h4-8,10-15H,1-3H2/t4?,5-,6+,7-,8-/m1/s1. The van der Waals surface area contributed by atoms with E-state index in [4.69, 9.17) is 20.4 Å². The Labute approximate surface area is 86.9 Å². The molecule has 7 nitrogen and oxygen atoms in total. The van der Waals surface area contributed by atoms with Crippen molar-refractivity contribution >= 4 is 0 Å². The van der Waals surface area contributed by atoms with Gasteiger partial charge in [-0.15, -0.1) is 0 Å². The molecule has 0 rings (SSSR count). The van der Waals surface area contributed by atoms with Crippen LogP contribution >= 0.6 is 0 Å². The molecule has 0 aromatic carbocycles. The number of aliphatic hydroxyl groups excluding tert-OH is 6. The normalized spacial score (nSPS) is 21.8. The lowest BCUT2D eigenvalue weighted by Gasteiger charge is -2.28. The third-order valence-electron chi connectivity index (χ3n) is 2.09. The van der Waals surface area contributed by atoms with Crippen molar-refractivity contribution in [2.75, 3.05) is 13.2 Å². The summed E-state index contributed by atoms with van der Waals surface area (Å²) in [5.74, 6) is 0. The molecule has 0 aromatic heterocycles. The van der Waals surface area contributed by atoms with Crippen LogP contribution in [0.25, 0.3) is 0 Å². The summed E-state index contributed by atoms with van der Waals surface area (Å²) in [6.45, 7) is -1.42. The van der Waals surface area contributed by atoms with Gasteiger partial charge in [-0.3, -0.25) is 0 Å². The van der Waals surface area contributed by atoms with Crippen LogP contribution in [0, 0.1) is 0 Å². The molecule has 0 aliphatic heterocycles. The minimum absolute atomic E-state index is 0.278. The highest BCUT2D eigenvalue weighted by Crippen LogP contribution is 2.10. The average molecular weight is 225 g/mol. The van der Waals surface area contributed by atoms with Gasteiger partial charge in [0.25, 0.3) is 0 Å². The van der Waals surface area contributed by atoms with Gasteiger partial charge in [-0.05, 0) is 0 Å². The smallest absolute Gasteiger partial charge is 0.111 e. The van der Waals surface area contributed by atoms with Crippen LogP contribution in [0.2, 0.25) is 0 Å². The summed E-state index contributed by atoms with van der Waals surface area (Å²) in [6.07, 6.45) is -8.72. The van der Waals surface area contributed by atoms with E-state index < -0.39 is 43.7 Å². The van der Waals surface area contributed by atoms with E-state index in [1.807, 2.05) is 0 Å². The fourth-order valence-corrected chi connectivity index (χ4v) is 1.06. The third-order valence-corrected chi connectivity index (χ3v) is 2.09. The first kappa shape index (κ1) is 14.7. The van der Waals surface area contributed by atoms with Gasteiger partial charge >= 0.3 is 0 Å². The van der Waals surface area contributed by atoms with Gasteiger partial charge in [0.15, 0.2) is 0 Å². The SMILES string of the molecule is [O]CCC(O)[C@H](O)[C@@H](O)[C@H](O)[C@H](O)CO. The highest BCUT2D eigenvalue weighted by atomic mass is 16.4. The zero-order valence-corrected chi connectivity index (χ0v) is 8.10. The summed E-state index contributed by atoms with van der Waals surface area (Å²) in [4.78, 5) is 0. The first-order valence-corrected chi connectivity index (χ1v) is 4.55. The molecule has 1 radical (unpaired) electrons. The van der Waals surface area contributed by atoms with Crippen LogP contribution in [0.5, 0.6) is 0 Å². The van der Waals surface area contributed by atoms with Gasteiger partial charge < -0.3 is 30.6 Å². The molecule has 0 saturated carbocycles. The van der Waals surface area contributed by atoms with E-state index in [2.05, 4.69) is 0 Å². The van der Waals surface area contributed by atoms with Crippen molar-refractivity contribution in [3.8, 4) is 0 Å². The molecule has 0 fully saturated rings. The molecule has 0 aliphatic rings. The topological polar surface area (TPSA) is 141 Å². The molecule has 7 heteroatoms. The number of aliphatic hydroxyl groups is 6. The van der Waals surface area contributed by atoms with Crippen molar-refractivity contribution < 1.29 is 35.7 Å². The van der Waals surface area contributed by atoms with Crippen molar-refractivity contribution in [3.63, 3.8) is 0 Å². The summed E-state index contributed by atoms with van der Waals surface area (Å²) in [7, 11) is 0. The van der Waals surface area contributed by atoms with Crippen LogP contribution in [-0.2, 0) is 5.11 Å². The van der Waals surface area contributed by atoms with E-state index in [1.165, 1.54) is 0 Å². The molecule has 15 heavy (non-hydrogen) atoms. The second-order valence-electron chi connectivity index (χ2n) is 3.28. The fraction of sp³-hybridized carbons (Fsp3) is 1.00. The van der Waals surface area contributed by atoms with Crippen molar-refractivity contribution in [2.24, 2.45) is 0 Å². The monoisotopic (exact) mass is 225 g/mol. The number of hydrogen-bond acceptors (Lipinski definition) is 6. The molecular weight excluding hydrogens is 208 g/mol. The molecular formula is C8H17O7. The van der Waals surface area contributed by atoms with Crippen LogP contribution in [0.3, 0.4) is 0 Å². The van der Waals surface area contributed by atoms with Crippen LogP contribution < -0.4 is 0 Å². The van der Waals surface area contributed by atoms with Crippen molar-refractivity contribution in [1.29, 1.82) is 0 Å². The minimum atomic E-state index is -1.83. The van der Waals surface area contributed by atoms with E-state index in [0.29, 0.717) is 0 Å². The summed E-state index contributed by atoms with van der Waals surface area (Å²) in [6, 6.07) is 0. The van der Waals surface area contributed by atoms with Gasteiger partial charge in [0.1, 0.15) is 24.4 Å². The lowest BCUT2D eigenvalue weighted by atomic mass is 9.98. The second kappa shape index (κ2) is 7.07. The Balaban J connectivity index is 4.22. The molecule has 0 bridgehead atoms. The lowest BCUT2D eigenvalue weighted by molar-refractivity contribution is -0.142. The van der Waals surface area contributed by atoms with Gasteiger partial charge in [-0.2, -0.15) is 0 Å². The minimum Gasteiger partial charge on any atom is -0.394 e. The Hall–Kier alpha value is -0.280. The largest absolute Gasteiger partial charge is 0.394 e. The van der Waals surface area contributed by atoms with Crippen molar-refractivity contribution in [3.05, 3.63) is 0 Å². The van der Waals surface area contributed by atoms with Crippen LogP contribution in [0.4, 0.5) is 0 Å². The molecule has 6 N–H and O–H groups in total. The van der Waals surface area contributed by atoms with E-state index >= 15 is 0 Å². The van der Waals surface area contributed by atoms with Gasteiger partial charge in [0.2, 0.25) is 0 Å². The average Bonchev–Trinajstić information content (AvgIpc) is 2.25. The predicted octanol–water partition coefficient (Wildman–Crippen LogP) is -3.40. The first-order chi connectivity index (χ1) is 6.95. The Morgan fingerprint density at radius 2 is 1.27 bits per heavy atom. The maximum absolute atomic E-state index is 10.1. The second-order valence-corrected chi connectivity index (χ2v) is 3.28. The predicted molar refractivity (Wildman–Crippen MR) is 47.3 cm³/mol. The van der Waals surface area contributed by atoms with Crippen molar-refractivity contribution in [1.82, 2.24) is 0 Å². The molecule has 5 atom stereocenters. The molecule has 0 amide bonds. The summed E-state index contributed by atoms with van der Waals surface area (Å²) in [5, 5.41) is 64.3. The van der Waals surface area contributed by atoms with E-state index in [0.717, 1.165) is 0 Å². The van der Waals surface area contributed by atoms with E-state index in [9.17, 15) is 15.3 Å². The zero-order valence-electron chi connectivity index (χ0n) is 8.10. The van der Waals surface area contributed by atoms with Gasteiger partial charge in [-0.1, -0.05) is 0 Å². The summed E-state index contributed by atoms with van der Waals surface area (Å²) < 4.78 is 0. The highest BCUT2D eigenvalue weighted by Gasteiger charge is 2.33. The van der Waals surface area contributed by atoms with Gasteiger partial charge in [0, 0.05) is 6.42 Å². The Morgan fingerprint density at radius 1 is 0.800 bits per heavy atom. The molecule has 0 saturated heterocycles. The Bertz CT molecular complexity index is 165. The Kier molecular flexibility index (Phi) is 6.94. The molecule has 0 aromatic rings. The number of hydrogen-bond donors (Lipinski definition) is 6. The van der Waals surface area contributed by atoms with Crippen LogP contribution in [-0.4, -0.2) is 74.4 Å². The van der Waals surface area contributed by atoms with Crippen LogP contribution in [0.15, 0.2) is 0 Å². The fourth-order valence-electron chi connectivity index (χ4n) is 1.06. The molecule has 91 valence electrons. The maximum atomic E-state index is 10.1. The van der Waals surface area contributed by atoms with E-state index in [1.54, 1.807) is 0 Å². The molecule has 0 heterocycles. The first-order valence-electron chi connectivity index (χ1n) is 4.55.